The zero-order valence-electron chi connectivity index (χ0n) is 12.0. The Kier molecular flexibility index (Phi) is 4.81. The summed E-state index contributed by atoms with van der Waals surface area (Å²) in [6.07, 6.45) is 2.03. The predicted octanol–water partition coefficient (Wildman–Crippen LogP) is 0.606. The molecule has 2 N–H and O–H groups in total. The highest BCUT2D eigenvalue weighted by Crippen LogP contribution is 2.19. The van der Waals surface area contributed by atoms with Gasteiger partial charge in [0, 0.05) is 13.0 Å². The van der Waals surface area contributed by atoms with E-state index in [0.29, 0.717) is 17.8 Å². The van der Waals surface area contributed by atoms with Crippen LogP contribution in [0.3, 0.4) is 0 Å². The number of aryl methyl sites for hydroxylation is 1. The van der Waals surface area contributed by atoms with Crippen LogP contribution >= 0.6 is 0 Å². The van der Waals surface area contributed by atoms with E-state index in [2.05, 4.69) is 9.82 Å². The summed E-state index contributed by atoms with van der Waals surface area (Å²) >= 11 is 0. The Hall–Kier alpha value is -1.64. The molecule has 0 aliphatic rings. The van der Waals surface area contributed by atoms with Crippen molar-refractivity contribution < 1.29 is 17.9 Å². The largest absolute Gasteiger partial charge is 0.469 e. The summed E-state index contributed by atoms with van der Waals surface area (Å²) in [7, 11) is -3.63. The van der Waals surface area contributed by atoms with Gasteiger partial charge < -0.3 is 9.52 Å². The summed E-state index contributed by atoms with van der Waals surface area (Å²) in [5.74, 6) is 0.724. The molecule has 2 aromatic heterocycles. The third-order valence-electron chi connectivity index (χ3n) is 3.14. The van der Waals surface area contributed by atoms with E-state index < -0.39 is 10.0 Å². The third kappa shape index (κ3) is 3.52. The van der Waals surface area contributed by atoms with Gasteiger partial charge in [0.25, 0.3) is 0 Å². The van der Waals surface area contributed by atoms with E-state index in [-0.39, 0.29) is 24.6 Å². The van der Waals surface area contributed by atoms with Crippen molar-refractivity contribution in [3.8, 4) is 0 Å². The monoisotopic (exact) mass is 313 g/mol. The van der Waals surface area contributed by atoms with Crippen molar-refractivity contribution in [3.63, 3.8) is 0 Å². The maximum atomic E-state index is 12.4. The first-order valence-electron chi connectivity index (χ1n) is 6.62. The van der Waals surface area contributed by atoms with Gasteiger partial charge >= 0.3 is 0 Å². The van der Waals surface area contributed by atoms with Crippen molar-refractivity contribution in [2.45, 2.75) is 31.7 Å². The van der Waals surface area contributed by atoms with Crippen molar-refractivity contribution >= 4 is 10.0 Å². The summed E-state index contributed by atoms with van der Waals surface area (Å²) in [5.41, 5.74) is 0.943. The zero-order valence-corrected chi connectivity index (χ0v) is 12.9. The molecule has 0 atom stereocenters. The number of sulfonamides is 1. The second-order valence-corrected chi connectivity index (χ2v) is 6.38. The van der Waals surface area contributed by atoms with Crippen LogP contribution in [0.25, 0.3) is 0 Å². The highest BCUT2D eigenvalue weighted by molar-refractivity contribution is 7.89. The van der Waals surface area contributed by atoms with Gasteiger partial charge in [0.15, 0.2) is 0 Å². The molecular formula is C13H19N3O4S. The van der Waals surface area contributed by atoms with Gasteiger partial charge in [0.2, 0.25) is 10.0 Å². The van der Waals surface area contributed by atoms with Crippen LogP contribution < -0.4 is 4.72 Å². The summed E-state index contributed by atoms with van der Waals surface area (Å²) in [4.78, 5) is 0.176. The third-order valence-corrected chi connectivity index (χ3v) is 4.85. The van der Waals surface area contributed by atoms with Crippen LogP contribution in [0.2, 0.25) is 0 Å². The second-order valence-electron chi connectivity index (χ2n) is 4.67. The van der Waals surface area contributed by atoms with Crippen LogP contribution in [0.15, 0.2) is 27.7 Å². The van der Waals surface area contributed by atoms with E-state index in [9.17, 15) is 8.42 Å². The Morgan fingerprint density at radius 1 is 1.43 bits per heavy atom. The molecule has 8 heteroatoms. The van der Waals surface area contributed by atoms with E-state index >= 15 is 0 Å². The number of hydrogen-bond donors (Lipinski definition) is 2. The predicted molar refractivity (Wildman–Crippen MR) is 76.4 cm³/mol. The smallest absolute Gasteiger partial charge is 0.244 e. The first kappa shape index (κ1) is 15.7. The highest BCUT2D eigenvalue weighted by Gasteiger charge is 2.24. The Labute approximate surface area is 123 Å². The number of nitrogens with zero attached hydrogens (tertiary/aromatic N) is 2. The van der Waals surface area contributed by atoms with Gasteiger partial charge in [-0.05, 0) is 26.0 Å². The van der Waals surface area contributed by atoms with E-state index in [1.165, 1.54) is 4.68 Å². The number of hydrogen-bond acceptors (Lipinski definition) is 5. The van der Waals surface area contributed by atoms with Crippen LogP contribution in [-0.4, -0.2) is 36.5 Å². The van der Waals surface area contributed by atoms with Gasteiger partial charge in [0.1, 0.15) is 10.7 Å². The molecule has 0 unspecified atom stereocenters. The summed E-state index contributed by atoms with van der Waals surface area (Å²) < 4.78 is 33.9. The molecule has 0 bridgehead atoms. The molecule has 7 nitrogen and oxygen atoms in total. The van der Waals surface area contributed by atoms with E-state index in [1.54, 1.807) is 32.2 Å². The molecule has 0 saturated carbocycles. The SMILES string of the molecule is Cc1nn(CCO)c(C)c1S(=O)(=O)NCCc1ccco1. The Morgan fingerprint density at radius 3 is 2.81 bits per heavy atom. The standard InChI is InChI=1S/C13H19N3O4S/c1-10-13(11(2)16(15-10)7-8-17)21(18,19)14-6-5-12-4-3-9-20-12/h3-4,9,14,17H,5-8H2,1-2H3. The molecule has 2 aromatic rings. The van der Waals surface area contributed by atoms with Crippen molar-refractivity contribution in [2.24, 2.45) is 0 Å². The molecule has 116 valence electrons. The summed E-state index contributed by atoms with van der Waals surface area (Å²) in [5, 5.41) is 13.1. The lowest BCUT2D eigenvalue weighted by molar-refractivity contribution is 0.267. The minimum atomic E-state index is -3.63. The number of rotatable bonds is 7. The fourth-order valence-electron chi connectivity index (χ4n) is 2.22. The van der Waals surface area contributed by atoms with Crippen LogP contribution in [0.4, 0.5) is 0 Å². The lowest BCUT2D eigenvalue weighted by atomic mass is 10.3. The Bertz CT molecular complexity index is 689. The topological polar surface area (TPSA) is 97.4 Å². The second kappa shape index (κ2) is 6.42. The van der Waals surface area contributed by atoms with E-state index in [1.807, 2.05) is 0 Å². The number of aliphatic hydroxyl groups is 1. The molecule has 2 heterocycles. The van der Waals surface area contributed by atoms with E-state index in [0.717, 1.165) is 5.76 Å². The minimum absolute atomic E-state index is 0.0899. The van der Waals surface area contributed by atoms with Gasteiger partial charge in [-0.1, -0.05) is 0 Å². The van der Waals surface area contributed by atoms with Gasteiger partial charge in [-0.2, -0.15) is 5.10 Å². The first-order valence-corrected chi connectivity index (χ1v) is 8.11. The molecule has 0 saturated heterocycles. The average molecular weight is 313 g/mol. The number of furan rings is 1. The van der Waals surface area contributed by atoms with Crippen molar-refractivity contribution in [2.75, 3.05) is 13.2 Å². The van der Waals surface area contributed by atoms with Gasteiger partial charge in [-0.25, -0.2) is 13.1 Å². The van der Waals surface area contributed by atoms with Crippen molar-refractivity contribution in [1.82, 2.24) is 14.5 Å². The molecular weight excluding hydrogens is 294 g/mol. The first-order chi connectivity index (χ1) is 9.95. The Morgan fingerprint density at radius 2 is 2.19 bits per heavy atom. The molecule has 0 radical (unpaired) electrons. The van der Waals surface area contributed by atoms with Crippen LogP contribution in [0, 0.1) is 13.8 Å². The highest BCUT2D eigenvalue weighted by atomic mass is 32.2. The molecule has 0 amide bonds. The molecule has 0 aliphatic carbocycles. The Balaban J connectivity index is 2.12. The lowest BCUT2D eigenvalue weighted by Crippen LogP contribution is -2.27. The van der Waals surface area contributed by atoms with Crippen molar-refractivity contribution in [3.05, 3.63) is 35.5 Å². The van der Waals surface area contributed by atoms with Crippen LogP contribution in [-0.2, 0) is 23.0 Å². The molecule has 0 aliphatic heterocycles. The minimum Gasteiger partial charge on any atom is -0.469 e. The van der Waals surface area contributed by atoms with Gasteiger partial charge in [0.05, 0.1) is 30.8 Å². The van der Waals surface area contributed by atoms with Gasteiger partial charge in [-0.15, -0.1) is 0 Å². The van der Waals surface area contributed by atoms with Crippen molar-refractivity contribution in [1.29, 1.82) is 0 Å². The molecule has 0 fully saturated rings. The quantitative estimate of drug-likeness (QED) is 0.780. The average Bonchev–Trinajstić information content (AvgIpc) is 2.99. The van der Waals surface area contributed by atoms with E-state index in [4.69, 9.17) is 9.52 Å². The molecule has 0 spiro atoms. The van der Waals surface area contributed by atoms with Crippen LogP contribution in [0.1, 0.15) is 17.1 Å². The fraction of sp³-hybridized carbons (Fsp3) is 0.462. The summed E-state index contributed by atoms with van der Waals surface area (Å²) in [6.45, 7) is 3.75. The summed E-state index contributed by atoms with van der Waals surface area (Å²) in [6, 6.07) is 3.56. The maximum Gasteiger partial charge on any atom is 0.244 e. The van der Waals surface area contributed by atoms with Gasteiger partial charge in [-0.3, -0.25) is 4.68 Å². The molecule has 21 heavy (non-hydrogen) atoms. The molecule has 2 rings (SSSR count). The molecule has 0 aromatic carbocycles. The normalized spacial score (nSPS) is 12.0. The number of aromatic nitrogens is 2. The van der Waals surface area contributed by atoms with Crippen LogP contribution in [0.5, 0.6) is 0 Å². The number of nitrogens with one attached hydrogen (secondary N) is 1. The zero-order chi connectivity index (χ0) is 15.5. The number of aliphatic hydroxyl groups excluding tert-OH is 1. The fourth-order valence-corrected chi connectivity index (χ4v) is 3.66. The lowest BCUT2D eigenvalue weighted by Gasteiger charge is -2.07. The maximum absolute atomic E-state index is 12.4.